The average molecular weight is 582 g/mol. The number of likely N-dealkylation sites (tertiary alicyclic amines) is 1. The molecular formula is C30H26ClF2N3O5. The molecule has 2 atom stereocenters. The van der Waals surface area contributed by atoms with Gasteiger partial charge in [0.1, 0.15) is 24.3 Å². The highest BCUT2D eigenvalue weighted by Gasteiger charge is 2.36. The molecule has 0 saturated carbocycles. The summed E-state index contributed by atoms with van der Waals surface area (Å²) in [5.74, 6) is -2.39. The van der Waals surface area contributed by atoms with E-state index in [1.807, 2.05) is 35.9 Å². The first-order valence-electron chi connectivity index (χ1n) is 12.8. The Labute approximate surface area is 239 Å². The fraction of sp³-hybridized carbons (Fsp3) is 0.233. The number of ether oxygens (including phenoxy) is 1. The van der Waals surface area contributed by atoms with Gasteiger partial charge in [0.25, 0.3) is 5.91 Å². The van der Waals surface area contributed by atoms with Crippen LogP contribution in [0.2, 0.25) is 5.02 Å². The number of para-hydroxylation sites is 1. The van der Waals surface area contributed by atoms with Crippen molar-refractivity contribution in [2.45, 2.75) is 25.1 Å². The number of benzene rings is 3. The van der Waals surface area contributed by atoms with Crippen LogP contribution in [-0.4, -0.2) is 57.7 Å². The van der Waals surface area contributed by atoms with Crippen molar-refractivity contribution < 1.29 is 33.0 Å². The zero-order chi connectivity index (χ0) is 29.3. The third-order valence-corrected chi connectivity index (χ3v) is 7.41. The fourth-order valence-electron chi connectivity index (χ4n) is 5.01. The van der Waals surface area contributed by atoms with E-state index in [2.05, 4.69) is 5.32 Å². The maximum Gasteiger partial charge on any atom is 0.335 e. The lowest BCUT2D eigenvalue weighted by Crippen LogP contribution is -2.40. The number of nitrogens with zero attached hydrogens (tertiary/aromatic N) is 2. The summed E-state index contributed by atoms with van der Waals surface area (Å²) >= 11 is 6.37. The Morgan fingerprint density at radius 2 is 1.85 bits per heavy atom. The molecule has 11 heteroatoms. The highest BCUT2D eigenvalue weighted by Crippen LogP contribution is 2.29. The minimum absolute atomic E-state index is 0.00870. The summed E-state index contributed by atoms with van der Waals surface area (Å²) in [6.07, 6.45) is 0.111. The van der Waals surface area contributed by atoms with Gasteiger partial charge in [0.2, 0.25) is 5.91 Å². The fourth-order valence-corrected chi connectivity index (χ4v) is 5.24. The molecule has 4 aromatic rings. The number of aromatic carboxylic acids is 1. The van der Waals surface area contributed by atoms with Gasteiger partial charge in [-0.2, -0.15) is 0 Å². The Balaban J connectivity index is 1.25. The number of aromatic nitrogens is 1. The predicted molar refractivity (Wildman–Crippen MR) is 150 cm³/mol. The second-order valence-corrected chi connectivity index (χ2v) is 10.3. The van der Waals surface area contributed by atoms with Gasteiger partial charge in [-0.3, -0.25) is 9.59 Å². The number of carbonyl (C=O) groups excluding carboxylic acids is 2. The minimum Gasteiger partial charge on any atom is -0.491 e. The van der Waals surface area contributed by atoms with E-state index in [4.69, 9.17) is 21.4 Å². The second kappa shape index (κ2) is 11.6. The van der Waals surface area contributed by atoms with Crippen LogP contribution in [0, 0.1) is 5.82 Å². The number of nitrogens with one attached hydrogen (secondary N) is 1. The Hall–Kier alpha value is -4.44. The van der Waals surface area contributed by atoms with Crippen molar-refractivity contribution in [1.29, 1.82) is 0 Å². The van der Waals surface area contributed by atoms with Gasteiger partial charge < -0.3 is 24.6 Å². The second-order valence-electron chi connectivity index (χ2n) is 9.90. The summed E-state index contributed by atoms with van der Waals surface area (Å²) in [5, 5.41) is 12.4. The largest absolute Gasteiger partial charge is 0.491 e. The van der Waals surface area contributed by atoms with Crippen molar-refractivity contribution in [3.8, 4) is 5.75 Å². The number of aryl methyl sites for hydroxylation is 1. The lowest BCUT2D eigenvalue weighted by Gasteiger charge is -2.25. The normalized spacial score (nSPS) is 16.6. The standard InChI is InChI=1S/C30H26ClF2N3O5/c1-35-15-23(22-4-2-3-5-27(22)35)29(38)34-26-13-25(33)18(10-24(26)31)11-28(37)36-14-19(32)12-20(36)16-41-21-8-6-17(7-9-21)30(39)40/h2-10,13,15,19-20H,11-12,14,16H2,1H3,(H,34,38)(H,39,40)/t19-,20-/m0/s1. The first kappa shape index (κ1) is 28.1. The van der Waals surface area contributed by atoms with Crippen LogP contribution in [-0.2, 0) is 18.3 Å². The smallest absolute Gasteiger partial charge is 0.335 e. The number of hydrogen-bond acceptors (Lipinski definition) is 4. The maximum atomic E-state index is 15.1. The van der Waals surface area contributed by atoms with Crippen molar-refractivity contribution in [2.24, 2.45) is 7.05 Å². The van der Waals surface area contributed by atoms with E-state index in [9.17, 15) is 18.8 Å². The first-order valence-corrected chi connectivity index (χ1v) is 13.2. The summed E-state index contributed by atoms with van der Waals surface area (Å²) in [4.78, 5) is 38.4. The molecule has 2 N–H and O–H groups in total. The average Bonchev–Trinajstić information content (AvgIpc) is 3.50. The van der Waals surface area contributed by atoms with Crippen molar-refractivity contribution in [2.75, 3.05) is 18.5 Å². The number of amides is 2. The van der Waals surface area contributed by atoms with Crippen LogP contribution in [0.4, 0.5) is 14.5 Å². The molecule has 1 aliphatic heterocycles. The molecule has 1 saturated heterocycles. The quantitative estimate of drug-likeness (QED) is 0.287. The molecule has 8 nitrogen and oxygen atoms in total. The molecule has 1 aromatic heterocycles. The van der Waals surface area contributed by atoms with E-state index >= 15 is 4.39 Å². The molecule has 2 heterocycles. The van der Waals surface area contributed by atoms with Gasteiger partial charge >= 0.3 is 5.97 Å². The zero-order valence-electron chi connectivity index (χ0n) is 21.9. The number of carboxylic acid groups (broad SMARTS) is 1. The van der Waals surface area contributed by atoms with E-state index in [0.29, 0.717) is 11.3 Å². The van der Waals surface area contributed by atoms with Gasteiger partial charge in [-0.15, -0.1) is 0 Å². The third-order valence-electron chi connectivity index (χ3n) is 7.09. The van der Waals surface area contributed by atoms with E-state index in [0.717, 1.165) is 17.0 Å². The topological polar surface area (TPSA) is 101 Å². The molecule has 41 heavy (non-hydrogen) atoms. The lowest BCUT2D eigenvalue weighted by atomic mass is 10.1. The van der Waals surface area contributed by atoms with Crippen molar-refractivity contribution >= 4 is 46.0 Å². The van der Waals surface area contributed by atoms with Crippen LogP contribution >= 0.6 is 11.6 Å². The van der Waals surface area contributed by atoms with E-state index in [-0.39, 0.29) is 47.8 Å². The lowest BCUT2D eigenvalue weighted by molar-refractivity contribution is -0.132. The van der Waals surface area contributed by atoms with Crippen molar-refractivity contribution in [3.05, 3.63) is 94.4 Å². The van der Waals surface area contributed by atoms with Gasteiger partial charge in [-0.05, 0) is 48.0 Å². The number of halogens is 3. The molecule has 3 aromatic carbocycles. The van der Waals surface area contributed by atoms with Crippen molar-refractivity contribution in [1.82, 2.24) is 9.47 Å². The molecule has 1 fully saturated rings. The Morgan fingerprint density at radius 3 is 2.59 bits per heavy atom. The minimum atomic E-state index is -1.26. The van der Waals surface area contributed by atoms with Crippen LogP contribution in [0.5, 0.6) is 5.75 Å². The van der Waals surface area contributed by atoms with E-state index in [1.165, 1.54) is 35.2 Å². The number of carboxylic acids is 1. The molecule has 0 radical (unpaired) electrons. The number of anilines is 1. The predicted octanol–water partition coefficient (Wildman–Crippen LogP) is 5.48. The summed E-state index contributed by atoms with van der Waals surface area (Å²) in [7, 11) is 1.82. The molecule has 2 amide bonds. The Bertz CT molecular complexity index is 1640. The maximum absolute atomic E-state index is 15.1. The van der Waals surface area contributed by atoms with Gasteiger partial charge in [0, 0.05) is 30.6 Å². The van der Waals surface area contributed by atoms with Crippen LogP contribution in [0.25, 0.3) is 10.9 Å². The van der Waals surface area contributed by atoms with Crippen LogP contribution in [0.1, 0.15) is 32.7 Å². The highest BCUT2D eigenvalue weighted by atomic mass is 35.5. The Morgan fingerprint density at radius 1 is 1.12 bits per heavy atom. The van der Waals surface area contributed by atoms with E-state index in [1.54, 1.807) is 6.20 Å². The van der Waals surface area contributed by atoms with Crippen molar-refractivity contribution in [3.63, 3.8) is 0 Å². The van der Waals surface area contributed by atoms with Gasteiger partial charge in [0.15, 0.2) is 0 Å². The van der Waals surface area contributed by atoms with Gasteiger partial charge in [0.05, 0.1) is 40.8 Å². The molecule has 5 rings (SSSR count). The number of alkyl halides is 1. The zero-order valence-corrected chi connectivity index (χ0v) is 22.7. The Kier molecular flexibility index (Phi) is 7.94. The van der Waals surface area contributed by atoms with Gasteiger partial charge in [-0.1, -0.05) is 29.8 Å². The monoisotopic (exact) mass is 581 g/mol. The van der Waals surface area contributed by atoms with Crippen LogP contribution in [0.3, 0.4) is 0 Å². The van der Waals surface area contributed by atoms with Gasteiger partial charge in [-0.25, -0.2) is 13.6 Å². The number of hydrogen-bond donors (Lipinski definition) is 2. The molecule has 0 unspecified atom stereocenters. The van der Waals surface area contributed by atoms with Crippen LogP contribution in [0.15, 0.2) is 66.9 Å². The summed E-state index contributed by atoms with van der Waals surface area (Å²) in [5.41, 5.74) is 1.43. The number of fused-ring (bicyclic) bond motifs is 1. The first-order chi connectivity index (χ1) is 19.6. The SMILES string of the molecule is Cn1cc(C(=O)Nc2cc(F)c(CC(=O)N3C[C@@H](F)C[C@H]3COc3ccc(C(=O)O)cc3)cc2Cl)c2ccccc21. The van der Waals surface area contributed by atoms with Crippen LogP contribution < -0.4 is 10.1 Å². The molecular weight excluding hydrogens is 556 g/mol. The molecule has 212 valence electrons. The highest BCUT2D eigenvalue weighted by molar-refractivity contribution is 6.34. The third kappa shape index (κ3) is 6.02. The molecule has 0 aliphatic carbocycles. The van der Waals surface area contributed by atoms with E-state index < -0.39 is 35.8 Å². The number of rotatable bonds is 8. The summed E-state index contributed by atoms with van der Waals surface area (Å²) in [6, 6.07) is 14.9. The molecule has 0 spiro atoms. The molecule has 0 bridgehead atoms. The summed E-state index contributed by atoms with van der Waals surface area (Å²) in [6.45, 7) is -0.166. The molecule has 1 aliphatic rings. The number of carbonyl (C=O) groups is 3. The summed E-state index contributed by atoms with van der Waals surface area (Å²) < 4.78 is 36.9.